The Kier molecular flexibility index (Phi) is 3.12. The zero-order valence-electron chi connectivity index (χ0n) is 9.84. The molecular weight excluding hydrogens is 332 g/mol. The molecule has 0 spiro atoms. The second-order valence-corrected chi connectivity index (χ2v) is 5.10. The number of benzene rings is 1. The Morgan fingerprint density at radius 2 is 2.05 bits per heavy atom. The molecule has 0 aliphatic heterocycles. The maximum absolute atomic E-state index is 5.91. The molecule has 2 heterocycles. The Bertz CT molecular complexity index is 759. The van der Waals surface area contributed by atoms with Gasteiger partial charge in [-0.1, -0.05) is 27.5 Å². The minimum atomic E-state index is 0.379. The summed E-state index contributed by atoms with van der Waals surface area (Å²) < 4.78 is 7.87. The van der Waals surface area contributed by atoms with Crippen LogP contribution in [0.3, 0.4) is 0 Å². The number of hydrogen-bond donors (Lipinski definition) is 0. The Morgan fingerprint density at radius 1 is 1.21 bits per heavy atom. The van der Waals surface area contributed by atoms with E-state index in [0.717, 1.165) is 10.0 Å². The summed E-state index contributed by atoms with van der Waals surface area (Å²) in [5.74, 6) is 1.27. The molecule has 0 aliphatic rings. The van der Waals surface area contributed by atoms with Gasteiger partial charge in [0.2, 0.25) is 0 Å². The van der Waals surface area contributed by atoms with Crippen molar-refractivity contribution in [1.82, 2.24) is 19.8 Å². The standard InChI is InChI=1S/C12H8BrClN4O/c1-19-9-6-7(13)2-3-8(9)12-16-15-11-5-4-10(14)17-18(11)12/h2-6H,1H3. The highest BCUT2D eigenvalue weighted by Gasteiger charge is 2.14. The van der Waals surface area contributed by atoms with E-state index >= 15 is 0 Å². The molecule has 0 saturated carbocycles. The summed E-state index contributed by atoms with van der Waals surface area (Å²) in [7, 11) is 1.61. The Labute approximate surface area is 122 Å². The minimum absolute atomic E-state index is 0.379. The molecule has 0 bridgehead atoms. The van der Waals surface area contributed by atoms with Crippen LogP contribution in [0.5, 0.6) is 5.75 Å². The van der Waals surface area contributed by atoms with Gasteiger partial charge in [-0.15, -0.1) is 10.2 Å². The Hall–Kier alpha value is -1.66. The van der Waals surface area contributed by atoms with Crippen LogP contribution in [0.1, 0.15) is 0 Å². The molecule has 5 nitrogen and oxygen atoms in total. The van der Waals surface area contributed by atoms with Crippen molar-refractivity contribution in [1.29, 1.82) is 0 Å². The van der Waals surface area contributed by atoms with Gasteiger partial charge in [-0.05, 0) is 30.3 Å². The molecule has 3 aromatic rings. The van der Waals surface area contributed by atoms with Gasteiger partial charge in [-0.2, -0.15) is 9.61 Å². The fraction of sp³-hybridized carbons (Fsp3) is 0.0833. The van der Waals surface area contributed by atoms with Gasteiger partial charge in [0.1, 0.15) is 10.9 Å². The van der Waals surface area contributed by atoms with Crippen molar-refractivity contribution in [3.8, 4) is 17.1 Å². The van der Waals surface area contributed by atoms with Crippen LogP contribution in [0.15, 0.2) is 34.8 Å². The van der Waals surface area contributed by atoms with Gasteiger partial charge >= 0.3 is 0 Å². The lowest BCUT2D eigenvalue weighted by molar-refractivity contribution is 0.415. The number of nitrogens with zero attached hydrogens (tertiary/aromatic N) is 4. The van der Waals surface area contributed by atoms with Crippen LogP contribution in [-0.4, -0.2) is 26.9 Å². The quantitative estimate of drug-likeness (QED) is 0.719. The van der Waals surface area contributed by atoms with Crippen LogP contribution >= 0.6 is 27.5 Å². The largest absolute Gasteiger partial charge is 0.496 e. The number of ether oxygens (including phenoxy) is 1. The lowest BCUT2D eigenvalue weighted by Gasteiger charge is -2.07. The highest BCUT2D eigenvalue weighted by atomic mass is 79.9. The number of fused-ring (bicyclic) bond motifs is 1. The van der Waals surface area contributed by atoms with E-state index in [9.17, 15) is 0 Å². The van der Waals surface area contributed by atoms with Gasteiger partial charge < -0.3 is 4.74 Å². The van der Waals surface area contributed by atoms with Crippen LogP contribution in [0.25, 0.3) is 17.0 Å². The lowest BCUT2D eigenvalue weighted by atomic mass is 10.2. The monoisotopic (exact) mass is 338 g/mol. The Morgan fingerprint density at radius 3 is 2.84 bits per heavy atom. The predicted octanol–water partition coefficient (Wildman–Crippen LogP) is 3.22. The average Bonchev–Trinajstić information content (AvgIpc) is 2.81. The van der Waals surface area contributed by atoms with Gasteiger partial charge in [0.15, 0.2) is 11.5 Å². The third kappa shape index (κ3) is 2.17. The molecule has 0 atom stereocenters. The lowest BCUT2D eigenvalue weighted by Crippen LogP contribution is -1.97. The first-order chi connectivity index (χ1) is 9.19. The summed E-state index contributed by atoms with van der Waals surface area (Å²) >= 11 is 9.31. The smallest absolute Gasteiger partial charge is 0.189 e. The van der Waals surface area contributed by atoms with Crippen molar-refractivity contribution in [2.45, 2.75) is 0 Å². The van der Waals surface area contributed by atoms with Gasteiger partial charge in [-0.25, -0.2) is 0 Å². The van der Waals surface area contributed by atoms with E-state index < -0.39 is 0 Å². The summed E-state index contributed by atoms with van der Waals surface area (Å²) in [6, 6.07) is 9.09. The van der Waals surface area contributed by atoms with Crippen molar-refractivity contribution >= 4 is 33.2 Å². The summed E-state index contributed by atoms with van der Waals surface area (Å²) in [5.41, 5.74) is 1.43. The fourth-order valence-electron chi connectivity index (χ4n) is 1.78. The summed E-state index contributed by atoms with van der Waals surface area (Å²) in [5, 5.41) is 12.8. The molecule has 3 rings (SSSR count). The van der Waals surface area contributed by atoms with Gasteiger partial charge in [0.25, 0.3) is 0 Å². The molecule has 0 aliphatic carbocycles. The van der Waals surface area contributed by atoms with Crippen molar-refractivity contribution < 1.29 is 4.74 Å². The highest BCUT2D eigenvalue weighted by molar-refractivity contribution is 9.10. The second kappa shape index (κ2) is 4.79. The first-order valence-corrected chi connectivity index (χ1v) is 6.58. The molecule has 0 unspecified atom stereocenters. The molecule has 19 heavy (non-hydrogen) atoms. The number of methoxy groups -OCH3 is 1. The zero-order valence-corrected chi connectivity index (χ0v) is 12.2. The van der Waals surface area contributed by atoms with E-state index in [2.05, 4.69) is 31.2 Å². The molecule has 0 N–H and O–H groups in total. The maximum Gasteiger partial charge on any atom is 0.189 e. The fourth-order valence-corrected chi connectivity index (χ4v) is 2.26. The molecule has 0 amide bonds. The first kappa shape index (κ1) is 12.4. The molecule has 2 aromatic heterocycles. The summed E-state index contributed by atoms with van der Waals surface area (Å²) in [6.07, 6.45) is 0. The SMILES string of the molecule is COc1cc(Br)ccc1-c1nnc2ccc(Cl)nn12. The molecule has 1 aromatic carbocycles. The minimum Gasteiger partial charge on any atom is -0.496 e. The molecule has 0 saturated heterocycles. The van der Waals surface area contributed by atoms with Crippen molar-refractivity contribution in [2.75, 3.05) is 7.11 Å². The van der Waals surface area contributed by atoms with Gasteiger partial charge in [-0.3, -0.25) is 0 Å². The van der Waals surface area contributed by atoms with Gasteiger partial charge in [0, 0.05) is 4.47 Å². The zero-order chi connectivity index (χ0) is 13.4. The van der Waals surface area contributed by atoms with E-state index in [1.165, 1.54) is 0 Å². The van der Waals surface area contributed by atoms with Crippen molar-refractivity contribution in [3.63, 3.8) is 0 Å². The molecule has 0 radical (unpaired) electrons. The molecular formula is C12H8BrClN4O. The van der Waals surface area contributed by atoms with Crippen LogP contribution in [0, 0.1) is 0 Å². The van der Waals surface area contributed by atoms with Crippen LogP contribution < -0.4 is 4.74 Å². The molecule has 7 heteroatoms. The van der Waals surface area contributed by atoms with E-state index in [-0.39, 0.29) is 0 Å². The third-order valence-electron chi connectivity index (χ3n) is 2.63. The normalized spacial score (nSPS) is 10.9. The number of aromatic nitrogens is 4. The van der Waals surface area contributed by atoms with Crippen LogP contribution in [0.4, 0.5) is 0 Å². The number of halogens is 2. The second-order valence-electron chi connectivity index (χ2n) is 3.79. The summed E-state index contributed by atoms with van der Waals surface area (Å²) in [4.78, 5) is 0. The molecule has 96 valence electrons. The summed E-state index contributed by atoms with van der Waals surface area (Å²) in [6.45, 7) is 0. The highest BCUT2D eigenvalue weighted by Crippen LogP contribution is 2.31. The van der Waals surface area contributed by atoms with Crippen LogP contribution in [-0.2, 0) is 0 Å². The van der Waals surface area contributed by atoms with E-state index in [0.29, 0.717) is 22.4 Å². The van der Waals surface area contributed by atoms with E-state index in [1.54, 1.807) is 23.8 Å². The average molecular weight is 340 g/mol. The van der Waals surface area contributed by atoms with Crippen molar-refractivity contribution in [2.24, 2.45) is 0 Å². The van der Waals surface area contributed by atoms with E-state index in [4.69, 9.17) is 16.3 Å². The van der Waals surface area contributed by atoms with Gasteiger partial charge in [0.05, 0.1) is 12.7 Å². The molecule has 0 fully saturated rings. The predicted molar refractivity (Wildman–Crippen MR) is 75.5 cm³/mol. The van der Waals surface area contributed by atoms with Crippen molar-refractivity contribution in [3.05, 3.63) is 40.0 Å². The third-order valence-corrected chi connectivity index (χ3v) is 3.33. The Balaban J connectivity index is 2.27. The first-order valence-electron chi connectivity index (χ1n) is 5.41. The maximum atomic E-state index is 5.91. The number of rotatable bonds is 2. The topological polar surface area (TPSA) is 52.3 Å². The van der Waals surface area contributed by atoms with E-state index in [1.807, 2.05) is 18.2 Å². The number of hydrogen-bond acceptors (Lipinski definition) is 4. The van der Waals surface area contributed by atoms with Crippen LogP contribution in [0.2, 0.25) is 5.15 Å².